The summed E-state index contributed by atoms with van der Waals surface area (Å²) in [7, 11) is 1.45. The number of nitrogens with one attached hydrogen (secondary N) is 2. The number of ether oxygens (including phenoxy) is 1. The van der Waals surface area contributed by atoms with Crippen LogP contribution in [0.15, 0.2) is 42.6 Å². The minimum Gasteiger partial charge on any atom is -0.496 e. The summed E-state index contributed by atoms with van der Waals surface area (Å²) in [4.78, 5) is 26.7. The SMILES string of the molecule is COc1cc2nccc(Nc3ccc(NC(=O)O)c(Cl)c3)c2cc1C(N)=O. The van der Waals surface area contributed by atoms with Crippen LogP contribution in [0.3, 0.4) is 0 Å². The summed E-state index contributed by atoms with van der Waals surface area (Å²) in [6.07, 6.45) is 0.404. The van der Waals surface area contributed by atoms with Crippen LogP contribution in [0.25, 0.3) is 10.9 Å². The molecule has 5 N–H and O–H groups in total. The van der Waals surface area contributed by atoms with E-state index in [4.69, 9.17) is 27.2 Å². The van der Waals surface area contributed by atoms with Crippen LogP contribution >= 0.6 is 11.6 Å². The molecule has 2 aromatic carbocycles. The number of amides is 2. The van der Waals surface area contributed by atoms with Crippen LogP contribution in [-0.2, 0) is 0 Å². The maximum atomic E-state index is 11.7. The second-order valence-corrected chi connectivity index (χ2v) is 5.95. The van der Waals surface area contributed by atoms with Gasteiger partial charge in [0.15, 0.2) is 0 Å². The van der Waals surface area contributed by atoms with E-state index in [9.17, 15) is 9.59 Å². The number of carbonyl (C=O) groups is 2. The van der Waals surface area contributed by atoms with Crippen LogP contribution in [0.2, 0.25) is 5.02 Å². The van der Waals surface area contributed by atoms with E-state index in [0.717, 1.165) is 0 Å². The Morgan fingerprint density at radius 1 is 1.19 bits per heavy atom. The molecule has 8 nitrogen and oxygen atoms in total. The number of nitrogens with zero attached hydrogens (tertiary/aromatic N) is 1. The minimum absolute atomic E-state index is 0.236. The van der Waals surface area contributed by atoms with Crippen molar-refractivity contribution in [3.8, 4) is 5.75 Å². The molecule has 0 aliphatic carbocycles. The van der Waals surface area contributed by atoms with Gasteiger partial charge in [-0.1, -0.05) is 11.6 Å². The van der Waals surface area contributed by atoms with Gasteiger partial charge >= 0.3 is 6.09 Å². The van der Waals surface area contributed by atoms with E-state index in [1.54, 1.807) is 42.6 Å². The number of anilines is 3. The Morgan fingerprint density at radius 2 is 1.96 bits per heavy atom. The van der Waals surface area contributed by atoms with E-state index in [1.165, 1.54) is 7.11 Å². The van der Waals surface area contributed by atoms with Gasteiger partial charge in [0.1, 0.15) is 5.75 Å². The largest absolute Gasteiger partial charge is 0.496 e. The fourth-order valence-electron chi connectivity index (χ4n) is 2.61. The Balaban J connectivity index is 2.02. The monoisotopic (exact) mass is 386 g/mol. The van der Waals surface area contributed by atoms with E-state index in [0.29, 0.717) is 28.0 Å². The topological polar surface area (TPSA) is 127 Å². The predicted octanol–water partition coefficient (Wildman–Crippen LogP) is 3.83. The molecular weight excluding hydrogens is 372 g/mol. The molecule has 0 saturated heterocycles. The van der Waals surface area contributed by atoms with E-state index < -0.39 is 12.0 Å². The van der Waals surface area contributed by atoms with Crippen LogP contribution in [-0.4, -0.2) is 29.2 Å². The normalized spacial score (nSPS) is 10.4. The lowest BCUT2D eigenvalue weighted by Crippen LogP contribution is -2.12. The molecule has 0 fully saturated rings. The zero-order valence-electron chi connectivity index (χ0n) is 14.1. The summed E-state index contributed by atoms with van der Waals surface area (Å²) >= 11 is 6.11. The van der Waals surface area contributed by atoms with E-state index in [2.05, 4.69) is 15.6 Å². The number of hydrogen-bond donors (Lipinski definition) is 4. The molecule has 138 valence electrons. The minimum atomic E-state index is -1.20. The van der Waals surface area contributed by atoms with Crippen molar-refractivity contribution in [2.75, 3.05) is 17.7 Å². The molecule has 2 amide bonds. The fraction of sp³-hybridized carbons (Fsp3) is 0.0556. The highest BCUT2D eigenvalue weighted by Gasteiger charge is 2.14. The van der Waals surface area contributed by atoms with Crippen LogP contribution in [0.4, 0.5) is 21.9 Å². The molecule has 1 aromatic heterocycles. The van der Waals surface area contributed by atoms with E-state index in [1.807, 2.05) is 0 Å². The second-order valence-electron chi connectivity index (χ2n) is 5.54. The average Bonchev–Trinajstić information content (AvgIpc) is 2.62. The molecule has 9 heteroatoms. The molecule has 0 spiro atoms. The highest BCUT2D eigenvalue weighted by Crippen LogP contribution is 2.32. The lowest BCUT2D eigenvalue weighted by atomic mass is 10.1. The molecule has 27 heavy (non-hydrogen) atoms. The van der Waals surface area contributed by atoms with Crippen LogP contribution < -0.4 is 21.1 Å². The number of hydrogen-bond acceptors (Lipinski definition) is 5. The third-order valence-corrected chi connectivity index (χ3v) is 4.13. The summed E-state index contributed by atoms with van der Waals surface area (Å²) in [6, 6.07) is 9.76. The Kier molecular flexibility index (Phi) is 5.00. The van der Waals surface area contributed by atoms with Crippen molar-refractivity contribution in [1.82, 2.24) is 4.98 Å². The van der Waals surface area contributed by atoms with Crippen molar-refractivity contribution < 1.29 is 19.4 Å². The van der Waals surface area contributed by atoms with Gasteiger partial charge in [-0.3, -0.25) is 15.1 Å². The molecule has 0 saturated carbocycles. The molecule has 1 heterocycles. The van der Waals surface area contributed by atoms with Crippen molar-refractivity contribution in [1.29, 1.82) is 0 Å². The molecule has 0 atom stereocenters. The summed E-state index contributed by atoms with van der Waals surface area (Å²) in [6.45, 7) is 0. The third kappa shape index (κ3) is 3.85. The summed E-state index contributed by atoms with van der Waals surface area (Å²) < 4.78 is 5.20. The van der Waals surface area contributed by atoms with Crippen LogP contribution in [0.1, 0.15) is 10.4 Å². The number of nitrogens with two attached hydrogens (primary N) is 1. The van der Waals surface area contributed by atoms with Crippen molar-refractivity contribution in [3.05, 3.63) is 53.2 Å². The highest BCUT2D eigenvalue weighted by molar-refractivity contribution is 6.34. The van der Waals surface area contributed by atoms with Crippen molar-refractivity contribution >= 4 is 51.6 Å². The van der Waals surface area contributed by atoms with Crippen LogP contribution in [0.5, 0.6) is 5.75 Å². The van der Waals surface area contributed by atoms with Gasteiger partial charge in [-0.15, -0.1) is 0 Å². The molecule has 0 aliphatic heterocycles. The quantitative estimate of drug-likeness (QED) is 0.527. The summed E-state index contributed by atoms with van der Waals surface area (Å²) in [5.74, 6) is -0.275. The van der Waals surface area contributed by atoms with Gasteiger partial charge in [0, 0.05) is 29.0 Å². The number of carboxylic acid groups (broad SMARTS) is 1. The number of aromatic nitrogens is 1. The number of methoxy groups -OCH3 is 1. The molecule has 3 rings (SSSR count). The zero-order valence-corrected chi connectivity index (χ0v) is 14.9. The predicted molar refractivity (Wildman–Crippen MR) is 103 cm³/mol. The van der Waals surface area contributed by atoms with Crippen molar-refractivity contribution in [2.24, 2.45) is 5.73 Å². The lowest BCUT2D eigenvalue weighted by Gasteiger charge is -2.13. The molecule has 3 aromatic rings. The lowest BCUT2D eigenvalue weighted by molar-refractivity contribution is 0.0997. The Morgan fingerprint density at radius 3 is 2.59 bits per heavy atom. The first-order valence-electron chi connectivity index (χ1n) is 7.72. The van der Waals surface area contributed by atoms with Gasteiger partial charge in [-0.2, -0.15) is 0 Å². The van der Waals surface area contributed by atoms with Crippen molar-refractivity contribution in [2.45, 2.75) is 0 Å². The summed E-state index contributed by atoms with van der Waals surface area (Å²) in [5.41, 5.74) is 7.84. The fourth-order valence-corrected chi connectivity index (χ4v) is 2.84. The number of fused-ring (bicyclic) bond motifs is 1. The van der Waals surface area contributed by atoms with E-state index >= 15 is 0 Å². The first-order valence-corrected chi connectivity index (χ1v) is 8.10. The first-order chi connectivity index (χ1) is 12.9. The first kappa shape index (κ1) is 18.3. The number of benzene rings is 2. The van der Waals surface area contributed by atoms with E-state index in [-0.39, 0.29) is 16.3 Å². The Hall–Kier alpha value is -3.52. The molecule has 0 bridgehead atoms. The van der Waals surface area contributed by atoms with Gasteiger partial charge in [0.25, 0.3) is 5.91 Å². The smallest absolute Gasteiger partial charge is 0.409 e. The molecule has 0 unspecified atom stereocenters. The number of pyridine rings is 1. The van der Waals surface area contributed by atoms with Gasteiger partial charge in [0.2, 0.25) is 0 Å². The number of rotatable bonds is 5. The third-order valence-electron chi connectivity index (χ3n) is 3.82. The Labute approximate surface area is 158 Å². The van der Waals surface area contributed by atoms with Gasteiger partial charge in [0.05, 0.1) is 28.9 Å². The van der Waals surface area contributed by atoms with Crippen LogP contribution in [0, 0.1) is 0 Å². The maximum absolute atomic E-state index is 11.7. The van der Waals surface area contributed by atoms with Crippen molar-refractivity contribution in [3.63, 3.8) is 0 Å². The van der Waals surface area contributed by atoms with Gasteiger partial charge in [-0.05, 0) is 30.3 Å². The molecule has 0 aliphatic rings. The van der Waals surface area contributed by atoms with Gasteiger partial charge in [-0.25, -0.2) is 4.79 Å². The Bertz CT molecular complexity index is 1050. The van der Waals surface area contributed by atoms with Gasteiger partial charge < -0.3 is 20.9 Å². The number of primary amides is 1. The second kappa shape index (κ2) is 7.38. The highest BCUT2D eigenvalue weighted by atomic mass is 35.5. The number of carbonyl (C=O) groups excluding carboxylic acids is 1. The zero-order chi connectivity index (χ0) is 19.6. The number of halogens is 1. The average molecular weight is 387 g/mol. The standard InChI is InChI=1S/C18H15ClN4O4/c1-27-16-8-15-10(7-11(16)17(20)24)13(4-5-21-15)22-9-2-3-14(12(19)6-9)23-18(25)26/h2-8,23H,1H3,(H2,20,24)(H,21,22)(H,25,26). The maximum Gasteiger partial charge on any atom is 0.409 e. The summed E-state index contributed by atoms with van der Waals surface area (Å²) in [5, 5.41) is 15.1. The molecule has 0 radical (unpaired) electrons. The molecular formula is C18H15ClN4O4.